The number of likely N-dealkylation sites (tertiary alicyclic amines) is 1. The molecule has 9 heteroatoms. The molecule has 1 amide bonds. The lowest BCUT2D eigenvalue weighted by Gasteiger charge is -2.47. The van der Waals surface area contributed by atoms with Gasteiger partial charge in [-0.05, 0) is 38.5 Å². The van der Waals surface area contributed by atoms with E-state index >= 15 is 0 Å². The molecule has 2 aliphatic heterocycles. The number of halogens is 1. The zero-order chi connectivity index (χ0) is 23.8. The minimum absolute atomic E-state index is 0.0550. The quantitative estimate of drug-likeness (QED) is 0.565. The highest BCUT2D eigenvalue weighted by atomic mass is 32.2. The Labute approximate surface area is 194 Å². The van der Waals surface area contributed by atoms with Gasteiger partial charge in [0.15, 0.2) is 0 Å². The van der Waals surface area contributed by atoms with Gasteiger partial charge in [-0.15, -0.1) is 0 Å². The van der Waals surface area contributed by atoms with Gasteiger partial charge in [-0.3, -0.25) is 9.69 Å². The van der Waals surface area contributed by atoms with E-state index in [1.165, 1.54) is 6.08 Å². The van der Waals surface area contributed by atoms with Crippen LogP contribution in [0.15, 0.2) is 65.6 Å². The first-order valence-electron chi connectivity index (χ1n) is 11.3. The number of fused-ring (bicyclic) bond motifs is 1. The summed E-state index contributed by atoms with van der Waals surface area (Å²) in [5, 5.41) is 7.04. The molecule has 1 aromatic rings. The van der Waals surface area contributed by atoms with Crippen molar-refractivity contribution in [2.45, 2.75) is 44.2 Å². The number of nitrogens with one attached hydrogen (secondary N) is 3. The minimum atomic E-state index is -3.69. The molecule has 0 radical (unpaired) electrons. The zero-order valence-electron chi connectivity index (χ0n) is 19.0. The lowest BCUT2D eigenvalue weighted by molar-refractivity contribution is -0.131. The Morgan fingerprint density at radius 2 is 2.06 bits per heavy atom. The van der Waals surface area contributed by atoms with Crippen LogP contribution in [0.25, 0.3) is 0 Å². The SMILES string of the molecule is C=CS(=O)(=O)N[C@H]1CN(C2(C)C(=O)NC3=C(NCC)C=C(F)CC32)CC[C@@H]1c1ccccc1. The third-order valence-corrected chi connectivity index (χ3v) is 8.19. The largest absolute Gasteiger partial charge is 0.384 e. The number of benzene rings is 1. The van der Waals surface area contributed by atoms with Crippen LogP contribution in [0, 0.1) is 5.92 Å². The third kappa shape index (κ3) is 4.37. The molecule has 0 aromatic heterocycles. The van der Waals surface area contributed by atoms with Gasteiger partial charge in [0.1, 0.15) is 11.4 Å². The third-order valence-electron chi connectivity index (χ3n) is 7.12. The molecule has 2 fully saturated rings. The summed E-state index contributed by atoms with van der Waals surface area (Å²) in [6, 6.07) is 9.31. The summed E-state index contributed by atoms with van der Waals surface area (Å²) < 4.78 is 42.2. The van der Waals surface area contributed by atoms with Gasteiger partial charge in [0.05, 0.1) is 5.70 Å². The second kappa shape index (κ2) is 9.04. The summed E-state index contributed by atoms with van der Waals surface area (Å²) in [5.41, 5.74) is 1.35. The fourth-order valence-electron chi connectivity index (χ4n) is 5.37. The van der Waals surface area contributed by atoms with Crippen molar-refractivity contribution in [1.82, 2.24) is 20.3 Å². The second-order valence-electron chi connectivity index (χ2n) is 9.00. The minimum Gasteiger partial charge on any atom is -0.384 e. The van der Waals surface area contributed by atoms with Gasteiger partial charge in [-0.2, -0.15) is 0 Å². The number of sulfonamides is 1. The molecule has 0 spiro atoms. The van der Waals surface area contributed by atoms with Crippen molar-refractivity contribution in [2.75, 3.05) is 19.6 Å². The van der Waals surface area contributed by atoms with Crippen LogP contribution in [0.4, 0.5) is 4.39 Å². The molecule has 2 heterocycles. The lowest BCUT2D eigenvalue weighted by Crippen LogP contribution is -2.62. The van der Waals surface area contributed by atoms with Crippen LogP contribution >= 0.6 is 0 Å². The van der Waals surface area contributed by atoms with E-state index < -0.39 is 21.6 Å². The Balaban J connectivity index is 1.67. The highest BCUT2D eigenvalue weighted by Gasteiger charge is 2.56. The van der Waals surface area contributed by atoms with E-state index in [0.717, 1.165) is 11.0 Å². The second-order valence-corrected chi connectivity index (χ2v) is 10.7. The summed E-state index contributed by atoms with van der Waals surface area (Å²) in [6.07, 6.45) is 2.23. The van der Waals surface area contributed by atoms with E-state index in [-0.39, 0.29) is 30.0 Å². The molecule has 2 saturated heterocycles. The molecule has 3 N–H and O–H groups in total. The molecular weight excluding hydrogens is 443 g/mol. The number of allylic oxidation sites excluding steroid dienone is 2. The Hall–Kier alpha value is -2.49. The van der Waals surface area contributed by atoms with Crippen molar-refractivity contribution in [3.8, 4) is 0 Å². The maximum absolute atomic E-state index is 14.6. The molecule has 2 unspecified atom stereocenters. The van der Waals surface area contributed by atoms with E-state index in [4.69, 9.17) is 0 Å². The molecule has 178 valence electrons. The fourth-order valence-corrected chi connectivity index (χ4v) is 6.13. The molecule has 1 aromatic carbocycles. The summed E-state index contributed by atoms with van der Waals surface area (Å²) in [7, 11) is -3.69. The van der Waals surface area contributed by atoms with Gasteiger partial charge in [-0.25, -0.2) is 17.5 Å². The van der Waals surface area contributed by atoms with Crippen molar-refractivity contribution in [1.29, 1.82) is 0 Å². The van der Waals surface area contributed by atoms with E-state index in [2.05, 4.69) is 21.9 Å². The maximum atomic E-state index is 14.6. The number of nitrogens with zero attached hydrogens (tertiary/aromatic N) is 1. The molecule has 33 heavy (non-hydrogen) atoms. The molecule has 4 atom stereocenters. The Kier molecular flexibility index (Phi) is 6.48. The number of carbonyl (C=O) groups is 1. The highest BCUT2D eigenvalue weighted by molar-refractivity contribution is 7.92. The van der Waals surface area contributed by atoms with Crippen molar-refractivity contribution < 1.29 is 17.6 Å². The van der Waals surface area contributed by atoms with Crippen LogP contribution in [0.5, 0.6) is 0 Å². The predicted molar refractivity (Wildman–Crippen MR) is 126 cm³/mol. The average Bonchev–Trinajstić information content (AvgIpc) is 3.05. The van der Waals surface area contributed by atoms with Gasteiger partial charge in [0.2, 0.25) is 15.9 Å². The number of piperidine rings is 1. The number of carbonyl (C=O) groups excluding carboxylic acids is 1. The van der Waals surface area contributed by atoms with Gasteiger partial charge in [-0.1, -0.05) is 36.9 Å². The van der Waals surface area contributed by atoms with Crippen LogP contribution in [0.1, 0.15) is 38.2 Å². The highest BCUT2D eigenvalue weighted by Crippen LogP contribution is 2.45. The first-order valence-corrected chi connectivity index (χ1v) is 12.8. The number of likely N-dealkylation sites (N-methyl/N-ethyl adjacent to an activating group) is 1. The average molecular weight is 475 g/mol. The van der Waals surface area contributed by atoms with Crippen molar-refractivity contribution in [2.24, 2.45) is 5.92 Å². The molecule has 0 bridgehead atoms. The molecular formula is C24H31FN4O3S. The summed E-state index contributed by atoms with van der Waals surface area (Å²) in [6.45, 7) is 8.69. The van der Waals surface area contributed by atoms with E-state index in [9.17, 15) is 17.6 Å². The fraction of sp³-hybridized carbons (Fsp3) is 0.458. The molecule has 0 saturated carbocycles. The Bertz CT molecular complexity index is 1100. The van der Waals surface area contributed by atoms with E-state index in [0.29, 0.717) is 37.4 Å². The number of amides is 1. The van der Waals surface area contributed by atoms with Gasteiger partial charge < -0.3 is 10.6 Å². The van der Waals surface area contributed by atoms with Crippen LogP contribution in [0.3, 0.4) is 0 Å². The summed E-state index contributed by atoms with van der Waals surface area (Å²) in [4.78, 5) is 15.3. The summed E-state index contributed by atoms with van der Waals surface area (Å²) >= 11 is 0. The van der Waals surface area contributed by atoms with Crippen LogP contribution in [-0.2, 0) is 14.8 Å². The van der Waals surface area contributed by atoms with Crippen molar-refractivity contribution >= 4 is 15.9 Å². The first kappa shape index (κ1) is 23.7. The lowest BCUT2D eigenvalue weighted by atomic mass is 9.77. The topological polar surface area (TPSA) is 90.5 Å². The molecule has 4 rings (SSSR count). The van der Waals surface area contributed by atoms with Gasteiger partial charge in [0, 0.05) is 48.5 Å². The predicted octanol–water partition coefficient (Wildman–Crippen LogP) is 2.49. The maximum Gasteiger partial charge on any atom is 0.245 e. The van der Waals surface area contributed by atoms with Crippen molar-refractivity contribution in [3.05, 3.63) is 71.2 Å². The standard InChI is InChI=1S/C24H31FN4O3S/c1-4-26-20-14-17(25)13-19-22(20)27-23(30)24(19,3)29-12-11-18(16-9-7-6-8-10-16)21(15-29)28-33(31,32)5-2/h5-10,14,18-19,21,26,28H,2,4,11-13,15H2,1,3H3,(H,27,30)/t18-,19?,21+,24?/m1/s1. The van der Waals surface area contributed by atoms with E-state index in [1.54, 1.807) is 0 Å². The van der Waals surface area contributed by atoms with Crippen LogP contribution in [0.2, 0.25) is 0 Å². The molecule has 7 nitrogen and oxygen atoms in total. The van der Waals surface area contributed by atoms with Gasteiger partial charge in [0.25, 0.3) is 0 Å². The Morgan fingerprint density at radius 1 is 1.33 bits per heavy atom. The smallest absolute Gasteiger partial charge is 0.245 e. The zero-order valence-corrected chi connectivity index (χ0v) is 19.8. The van der Waals surface area contributed by atoms with Crippen LogP contribution < -0.4 is 15.4 Å². The summed E-state index contributed by atoms with van der Waals surface area (Å²) in [5.74, 6) is -0.899. The number of rotatable bonds is 7. The van der Waals surface area contributed by atoms with E-state index in [1.807, 2.05) is 49.1 Å². The van der Waals surface area contributed by atoms with Crippen LogP contribution in [-0.4, -0.2) is 50.4 Å². The number of hydrogen-bond donors (Lipinski definition) is 3. The van der Waals surface area contributed by atoms with Gasteiger partial charge >= 0.3 is 0 Å². The Morgan fingerprint density at radius 3 is 2.73 bits per heavy atom. The normalized spacial score (nSPS) is 30.5. The first-order chi connectivity index (χ1) is 15.7. The number of hydrogen-bond acceptors (Lipinski definition) is 5. The monoisotopic (exact) mass is 474 g/mol. The molecule has 1 aliphatic carbocycles. The van der Waals surface area contributed by atoms with Crippen molar-refractivity contribution in [3.63, 3.8) is 0 Å². The molecule has 3 aliphatic rings.